The van der Waals surface area contributed by atoms with Gasteiger partial charge in [0.2, 0.25) is 0 Å². The lowest BCUT2D eigenvalue weighted by molar-refractivity contribution is -0.142. The molecule has 2 aromatic rings. The molecule has 0 aliphatic carbocycles. The van der Waals surface area contributed by atoms with E-state index in [4.69, 9.17) is 11.6 Å². The molecule has 0 spiro atoms. The van der Waals surface area contributed by atoms with Crippen LogP contribution in [-0.2, 0) is 19.1 Å². The molecule has 0 radical (unpaired) electrons. The van der Waals surface area contributed by atoms with Gasteiger partial charge < -0.3 is 5.32 Å². The lowest BCUT2D eigenvalue weighted by Gasteiger charge is -2.21. The second-order valence-electron chi connectivity index (χ2n) is 4.73. The van der Waals surface area contributed by atoms with Crippen molar-refractivity contribution in [2.24, 2.45) is 0 Å². The maximum absolute atomic E-state index is 13.2. The molecule has 1 N–H and O–H groups in total. The van der Waals surface area contributed by atoms with Gasteiger partial charge in [0, 0.05) is 30.6 Å². The summed E-state index contributed by atoms with van der Waals surface area (Å²) in [4.78, 5) is 8.01. The first-order valence-electron chi connectivity index (χ1n) is 6.39. The maximum Gasteiger partial charge on any atom is 0.433 e. The molecule has 3 rings (SSSR count). The lowest BCUT2D eigenvalue weighted by atomic mass is 10.0. The van der Waals surface area contributed by atoms with Gasteiger partial charge in [0.25, 0.3) is 0 Å². The zero-order valence-electron chi connectivity index (χ0n) is 10.8. The fraction of sp³-hybridized carbons (Fsp3) is 0.286. The number of hydrogen-bond acceptors (Lipinski definition) is 3. The van der Waals surface area contributed by atoms with Crippen molar-refractivity contribution < 1.29 is 13.2 Å². The summed E-state index contributed by atoms with van der Waals surface area (Å²) in [6, 6.07) is 6.62. The van der Waals surface area contributed by atoms with E-state index in [1.165, 1.54) is 0 Å². The fourth-order valence-electron chi connectivity index (χ4n) is 2.34. The van der Waals surface area contributed by atoms with E-state index in [1.807, 2.05) is 0 Å². The van der Waals surface area contributed by atoms with E-state index in [0.717, 1.165) is 0 Å². The van der Waals surface area contributed by atoms with Crippen molar-refractivity contribution in [1.82, 2.24) is 15.3 Å². The number of halogens is 4. The van der Waals surface area contributed by atoms with Gasteiger partial charge in [0.1, 0.15) is 0 Å². The zero-order chi connectivity index (χ0) is 15.0. The predicted molar refractivity (Wildman–Crippen MR) is 72.9 cm³/mol. The lowest BCUT2D eigenvalue weighted by Crippen LogP contribution is -2.29. The molecule has 2 heterocycles. The molecule has 1 aliphatic heterocycles. The Labute approximate surface area is 124 Å². The van der Waals surface area contributed by atoms with Gasteiger partial charge in [-0.15, -0.1) is 0 Å². The molecule has 0 saturated carbocycles. The Morgan fingerprint density at radius 2 is 1.90 bits per heavy atom. The standard InChI is InChI=1S/C14H11ClF3N3/c15-10-4-2-1-3-8(10)13-20-11-5-6-19-7-9(11)12(21-13)14(16,17)18/h1-4,19H,5-7H2. The smallest absolute Gasteiger partial charge is 0.312 e. The molecule has 0 fully saturated rings. The molecule has 1 aromatic carbocycles. The van der Waals surface area contributed by atoms with Gasteiger partial charge in [-0.1, -0.05) is 23.7 Å². The number of alkyl halides is 3. The van der Waals surface area contributed by atoms with Crippen LogP contribution in [0.5, 0.6) is 0 Å². The number of rotatable bonds is 1. The Kier molecular flexibility index (Phi) is 3.59. The van der Waals surface area contributed by atoms with Crippen molar-refractivity contribution in [1.29, 1.82) is 0 Å². The Hall–Kier alpha value is -1.66. The molecule has 3 nitrogen and oxygen atoms in total. The Morgan fingerprint density at radius 1 is 1.14 bits per heavy atom. The van der Waals surface area contributed by atoms with Crippen LogP contribution in [0, 0.1) is 0 Å². The summed E-state index contributed by atoms with van der Waals surface area (Å²) in [7, 11) is 0. The first kappa shape index (κ1) is 14.3. The normalized spacial score (nSPS) is 14.9. The van der Waals surface area contributed by atoms with Crippen molar-refractivity contribution >= 4 is 11.6 Å². The number of hydrogen-bond donors (Lipinski definition) is 1. The maximum atomic E-state index is 13.2. The van der Waals surface area contributed by atoms with Crippen LogP contribution in [0.15, 0.2) is 24.3 Å². The molecular formula is C14H11ClF3N3. The monoisotopic (exact) mass is 313 g/mol. The third-order valence-corrected chi connectivity index (χ3v) is 3.65. The van der Waals surface area contributed by atoms with Crippen molar-refractivity contribution in [3.8, 4) is 11.4 Å². The third-order valence-electron chi connectivity index (χ3n) is 3.32. The molecule has 1 aromatic heterocycles. The topological polar surface area (TPSA) is 37.8 Å². The molecule has 0 bridgehead atoms. The minimum absolute atomic E-state index is 0.0218. The van der Waals surface area contributed by atoms with E-state index < -0.39 is 11.9 Å². The van der Waals surface area contributed by atoms with E-state index in [-0.39, 0.29) is 17.9 Å². The van der Waals surface area contributed by atoms with Crippen LogP contribution in [0.25, 0.3) is 11.4 Å². The minimum atomic E-state index is -4.51. The average Bonchev–Trinajstić information content (AvgIpc) is 2.45. The van der Waals surface area contributed by atoms with Crippen molar-refractivity contribution in [2.75, 3.05) is 6.54 Å². The van der Waals surface area contributed by atoms with Gasteiger partial charge in [-0.25, -0.2) is 9.97 Å². The number of nitrogens with one attached hydrogen (secondary N) is 1. The number of aromatic nitrogens is 2. The molecule has 110 valence electrons. The second kappa shape index (κ2) is 5.27. The van der Waals surface area contributed by atoms with Gasteiger partial charge in [-0.05, 0) is 12.1 Å². The van der Waals surface area contributed by atoms with Crippen molar-refractivity contribution in [3.05, 3.63) is 46.2 Å². The van der Waals surface area contributed by atoms with Crippen LogP contribution in [-0.4, -0.2) is 16.5 Å². The summed E-state index contributed by atoms with van der Waals surface area (Å²) in [5, 5.41) is 3.25. The highest BCUT2D eigenvalue weighted by Gasteiger charge is 2.38. The van der Waals surface area contributed by atoms with Gasteiger partial charge in [-0.3, -0.25) is 0 Å². The summed E-state index contributed by atoms with van der Waals surface area (Å²) in [5.74, 6) is 0.0218. The van der Waals surface area contributed by atoms with Crippen LogP contribution < -0.4 is 5.32 Å². The molecule has 7 heteroatoms. The van der Waals surface area contributed by atoms with E-state index in [9.17, 15) is 13.2 Å². The van der Waals surface area contributed by atoms with Gasteiger partial charge in [-0.2, -0.15) is 13.2 Å². The number of nitrogens with zero attached hydrogens (tertiary/aromatic N) is 2. The van der Waals surface area contributed by atoms with Gasteiger partial charge in [0.15, 0.2) is 11.5 Å². The highest BCUT2D eigenvalue weighted by molar-refractivity contribution is 6.33. The van der Waals surface area contributed by atoms with E-state index in [1.54, 1.807) is 24.3 Å². The molecule has 0 atom stereocenters. The Balaban J connectivity index is 2.22. The van der Waals surface area contributed by atoms with E-state index in [2.05, 4.69) is 15.3 Å². The van der Waals surface area contributed by atoms with E-state index in [0.29, 0.717) is 29.2 Å². The van der Waals surface area contributed by atoms with Crippen molar-refractivity contribution in [3.63, 3.8) is 0 Å². The zero-order valence-corrected chi connectivity index (χ0v) is 11.6. The van der Waals surface area contributed by atoms with Gasteiger partial charge >= 0.3 is 6.18 Å². The first-order chi connectivity index (χ1) is 9.97. The summed E-state index contributed by atoms with van der Waals surface area (Å²) in [6.07, 6.45) is -4.07. The highest BCUT2D eigenvalue weighted by Crippen LogP contribution is 2.35. The third kappa shape index (κ3) is 2.73. The summed E-state index contributed by atoms with van der Waals surface area (Å²) in [6.45, 7) is 0.732. The fourth-order valence-corrected chi connectivity index (χ4v) is 2.56. The first-order valence-corrected chi connectivity index (χ1v) is 6.77. The summed E-state index contributed by atoms with van der Waals surface area (Å²) < 4.78 is 39.7. The molecule has 0 unspecified atom stereocenters. The molecule has 1 aliphatic rings. The molecule has 21 heavy (non-hydrogen) atoms. The van der Waals surface area contributed by atoms with Crippen LogP contribution in [0.1, 0.15) is 17.0 Å². The highest BCUT2D eigenvalue weighted by atomic mass is 35.5. The van der Waals surface area contributed by atoms with Crippen LogP contribution in [0.2, 0.25) is 5.02 Å². The average molecular weight is 314 g/mol. The van der Waals surface area contributed by atoms with Crippen LogP contribution in [0.4, 0.5) is 13.2 Å². The molecular weight excluding hydrogens is 303 g/mol. The Morgan fingerprint density at radius 3 is 2.62 bits per heavy atom. The summed E-state index contributed by atoms with van der Waals surface area (Å²) >= 11 is 6.03. The minimum Gasteiger partial charge on any atom is -0.312 e. The van der Waals surface area contributed by atoms with Gasteiger partial charge in [0.05, 0.1) is 10.7 Å². The molecule has 0 saturated heterocycles. The number of benzene rings is 1. The van der Waals surface area contributed by atoms with Crippen molar-refractivity contribution in [2.45, 2.75) is 19.1 Å². The SMILES string of the molecule is FC(F)(F)c1nc(-c2ccccc2Cl)nc2c1CNCC2. The predicted octanol–water partition coefficient (Wildman–Crippen LogP) is 3.46. The summed E-state index contributed by atoms with van der Waals surface area (Å²) in [5.41, 5.74) is 0.0937. The van der Waals surface area contributed by atoms with Crippen LogP contribution >= 0.6 is 11.6 Å². The van der Waals surface area contributed by atoms with Crippen LogP contribution in [0.3, 0.4) is 0 Å². The quantitative estimate of drug-likeness (QED) is 0.876. The largest absolute Gasteiger partial charge is 0.433 e. The molecule has 0 amide bonds. The Bertz CT molecular complexity index is 686. The van der Waals surface area contributed by atoms with E-state index >= 15 is 0 Å². The second-order valence-corrected chi connectivity index (χ2v) is 5.13. The number of fused-ring (bicyclic) bond motifs is 1.